The van der Waals surface area contributed by atoms with Crippen molar-refractivity contribution in [2.45, 2.75) is 39.5 Å². The molecule has 14 heavy (non-hydrogen) atoms. The number of carbonyl (C=O) groups is 1. The summed E-state index contributed by atoms with van der Waals surface area (Å²) >= 11 is 0. The van der Waals surface area contributed by atoms with Gasteiger partial charge in [0.2, 0.25) is 0 Å². The Morgan fingerprint density at radius 3 is 2.50 bits per heavy atom. The molecule has 82 valence electrons. The first-order valence-electron chi connectivity index (χ1n) is 5.14. The first-order valence-corrected chi connectivity index (χ1v) is 5.14. The van der Waals surface area contributed by atoms with E-state index in [1.165, 1.54) is 0 Å². The smallest absolute Gasteiger partial charge is 0.330 e. The molecule has 3 nitrogen and oxygen atoms in total. The summed E-state index contributed by atoms with van der Waals surface area (Å²) in [6.07, 6.45) is 5.84. The summed E-state index contributed by atoms with van der Waals surface area (Å²) in [6, 6.07) is 0. The lowest BCUT2D eigenvalue weighted by Crippen LogP contribution is -2.06. The van der Waals surface area contributed by atoms with Gasteiger partial charge < -0.3 is 10.2 Å². The number of carboxylic acid groups (broad SMARTS) is 1. The van der Waals surface area contributed by atoms with Crippen LogP contribution in [0.15, 0.2) is 11.6 Å². The summed E-state index contributed by atoms with van der Waals surface area (Å²) < 4.78 is 0. The van der Waals surface area contributed by atoms with Gasteiger partial charge in [0.1, 0.15) is 0 Å². The van der Waals surface area contributed by atoms with Crippen LogP contribution in [0.25, 0.3) is 0 Å². The zero-order chi connectivity index (χ0) is 11.0. The highest BCUT2D eigenvalue weighted by Gasteiger charge is 2.07. The largest absolute Gasteiger partial charge is 0.478 e. The Labute approximate surface area is 85.4 Å². The van der Waals surface area contributed by atoms with Crippen molar-refractivity contribution in [1.82, 2.24) is 0 Å². The second-order valence-electron chi connectivity index (χ2n) is 3.59. The van der Waals surface area contributed by atoms with Crippen LogP contribution < -0.4 is 0 Å². The maximum atomic E-state index is 10.5. The molecule has 0 amide bonds. The minimum atomic E-state index is -0.904. The first-order chi connectivity index (χ1) is 6.61. The van der Waals surface area contributed by atoms with Gasteiger partial charge in [0.25, 0.3) is 0 Å². The number of rotatable bonds is 7. The minimum absolute atomic E-state index is 0.00218. The Bertz CT molecular complexity index is 197. The summed E-state index contributed by atoms with van der Waals surface area (Å²) in [5, 5.41) is 17.7. The summed E-state index contributed by atoms with van der Waals surface area (Å²) in [7, 11) is 0. The number of aliphatic hydroxyl groups is 1. The molecule has 0 aliphatic carbocycles. The fourth-order valence-corrected chi connectivity index (χ4v) is 1.31. The SMILES string of the molecule is CCCCCC(C=C(C)C(=O)O)CO. The van der Waals surface area contributed by atoms with Crippen LogP contribution in [0.4, 0.5) is 0 Å². The van der Waals surface area contributed by atoms with E-state index in [2.05, 4.69) is 6.92 Å². The second-order valence-corrected chi connectivity index (χ2v) is 3.59. The van der Waals surface area contributed by atoms with Gasteiger partial charge in [0.15, 0.2) is 0 Å². The van der Waals surface area contributed by atoms with Crippen molar-refractivity contribution in [3.8, 4) is 0 Å². The number of aliphatic hydroxyl groups excluding tert-OH is 1. The van der Waals surface area contributed by atoms with Crippen LogP contribution in [0.2, 0.25) is 0 Å². The molecule has 0 bridgehead atoms. The van der Waals surface area contributed by atoms with Gasteiger partial charge in [-0.15, -0.1) is 0 Å². The van der Waals surface area contributed by atoms with E-state index in [1.54, 1.807) is 13.0 Å². The fraction of sp³-hybridized carbons (Fsp3) is 0.727. The zero-order valence-electron chi connectivity index (χ0n) is 8.99. The van der Waals surface area contributed by atoms with Gasteiger partial charge in [0, 0.05) is 18.1 Å². The molecule has 1 unspecified atom stereocenters. The Morgan fingerprint density at radius 1 is 1.43 bits per heavy atom. The molecule has 1 atom stereocenters. The molecule has 0 heterocycles. The topological polar surface area (TPSA) is 57.5 Å². The third-order valence-corrected chi connectivity index (χ3v) is 2.24. The van der Waals surface area contributed by atoms with Crippen LogP contribution in [-0.4, -0.2) is 22.8 Å². The van der Waals surface area contributed by atoms with E-state index >= 15 is 0 Å². The standard InChI is InChI=1S/C11H20O3/c1-3-4-5-6-10(8-12)7-9(2)11(13)14/h7,10,12H,3-6,8H2,1-2H3,(H,13,14). The molecule has 0 aliphatic rings. The second kappa shape index (κ2) is 7.56. The predicted molar refractivity (Wildman–Crippen MR) is 56.1 cm³/mol. The minimum Gasteiger partial charge on any atom is -0.478 e. The highest BCUT2D eigenvalue weighted by atomic mass is 16.4. The van der Waals surface area contributed by atoms with Crippen molar-refractivity contribution in [3.05, 3.63) is 11.6 Å². The van der Waals surface area contributed by atoms with Gasteiger partial charge in [-0.1, -0.05) is 32.3 Å². The molecule has 0 saturated carbocycles. The van der Waals surface area contributed by atoms with Crippen LogP contribution in [-0.2, 0) is 4.79 Å². The molecule has 0 fully saturated rings. The Hall–Kier alpha value is -0.830. The number of unbranched alkanes of at least 4 members (excludes halogenated alkanes) is 2. The zero-order valence-corrected chi connectivity index (χ0v) is 8.99. The summed E-state index contributed by atoms with van der Waals surface area (Å²) in [5.41, 5.74) is 0.320. The van der Waals surface area contributed by atoms with Crippen LogP contribution >= 0.6 is 0 Å². The molecule has 0 aromatic carbocycles. The van der Waals surface area contributed by atoms with Gasteiger partial charge in [-0.3, -0.25) is 0 Å². The summed E-state index contributed by atoms with van der Waals surface area (Å²) in [6.45, 7) is 3.71. The molecule has 0 saturated heterocycles. The van der Waals surface area contributed by atoms with E-state index in [0.717, 1.165) is 25.7 Å². The van der Waals surface area contributed by atoms with Crippen LogP contribution in [0.1, 0.15) is 39.5 Å². The van der Waals surface area contributed by atoms with E-state index in [4.69, 9.17) is 10.2 Å². The lowest BCUT2D eigenvalue weighted by Gasteiger charge is -2.09. The normalized spacial score (nSPS) is 14.1. The number of hydrogen-bond donors (Lipinski definition) is 2. The molecule has 0 spiro atoms. The average molecular weight is 200 g/mol. The van der Waals surface area contributed by atoms with Gasteiger partial charge in [-0.25, -0.2) is 4.79 Å². The molecule has 0 radical (unpaired) electrons. The Morgan fingerprint density at radius 2 is 2.07 bits per heavy atom. The van der Waals surface area contributed by atoms with Gasteiger partial charge in [0.05, 0.1) is 0 Å². The fourth-order valence-electron chi connectivity index (χ4n) is 1.31. The van der Waals surface area contributed by atoms with Crippen LogP contribution in [0.3, 0.4) is 0 Å². The lowest BCUT2D eigenvalue weighted by molar-refractivity contribution is -0.132. The Kier molecular flexibility index (Phi) is 7.11. The quantitative estimate of drug-likeness (QED) is 0.489. The van der Waals surface area contributed by atoms with Crippen molar-refractivity contribution >= 4 is 5.97 Å². The maximum absolute atomic E-state index is 10.5. The van der Waals surface area contributed by atoms with Crippen molar-refractivity contribution in [2.24, 2.45) is 5.92 Å². The third-order valence-electron chi connectivity index (χ3n) is 2.24. The maximum Gasteiger partial charge on any atom is 0.330 e. The molecule has 0 rings (SSSR count). The van der Waals surface area contributed by atoms with Crippen molar-refractivity contribution in [3.63, 3.8) is 0 Å². The van der Waals surface area contributed by atoms with E-state index in [9.17, 15) is 4.79 Å². The molecule has 3 heteroatoms. The number of aliphatic carboxylic acids is 1. The van der Waals surface area contributed by atoms with Crippen LogP contribution in [0.5, 0.6) is 0 Å². The van der Waals surface area contributed by atoms with Crippen molar-refractivity contribution in [2.75, 3.05) is 6.61 Å². The van der Waals surface area contributed by atoms with Gasteiger partial charge in [-0.05, 0) is 13.3 Å². The Balaban J connectivity index is 4.01. The summed E-state index contributed by atoms with van der Waals surface area (Å²) in [4.78, 5) is 10.5. The molecule has 0 aromatic heterocycles. The van der Waals surface area contributed by atoms with E-state index in [1.807, 2.05) is 0 Å². The average Bonchev–Trinajstić information content (AvgIpc) is 2.16. The van der Waals surface area contributed by atoms with Crippen molar-refractivity contribution in [1.29, 1.82) is 0 Å². The van der Waals surface area contributed by atoms with E-state index in [-0.39, 0.29) is 12.5 Å². The summed E-state index contributed by atoms with van der Waals surface area (Å²) in [5.74, 6) is -0.906. The van der Waals surface area contributed by atoms with Crippen molar-refractivity contribution < 1.29 is 15.0 Å². The molecular weight excluding hydrogens is 180 g/mol. The highest BCUT2D eigenvalue weighted by molar-refractivity contribution is 5.85. The van der Waals surface area contributed by atoms with Crippen LogP contribution in [0, 0.1) is 5.92 Å². The number of hydrogen-bond acceptors (Lipinski definition) is 2. The highest BCUT2D eigenvalue weighted by Crippen LogP contribution is 2.12. The van der Waals surface area contributed by atoms with Gasteiger partial charge >= 0.3 is 5.97 Å². The molecule has 0 aliphatic heterocycles. The monoisotopic (exact) mass is 200 g/mol. The van der Waals surface area contributed by atoms with Gasteiger partial charge in [-0.2, -0.15) is 0 Å². The molecular formula is C11H20O3. The lowest BCUT2D eigenvalue weighted by atomic mass is 9.99. The first kappa shape index (κ1) is 13.2. The van der Waals surface area contributed by atoms with E-state index < -0.39 is 5.97 Å². The third kappa shape index (κ3) is 5.75. The van der Waals surface area contributed by atoms with E-state index in [0.29, 0.717) is 5.57 Å². The number of carboxylic acids is 1. The predicted octanol–water partition coefficient (Wildman–Crippen LogP) is 2.21. The molecule has 2 N–H and O–H groups in total. The molecule has 0 aromatic rings.